The second-order valence-corrected chi connectivity index (χ2v) is 6.05. The first-order valence-electron chi connectivity index (χ1n) is 5.14. The van der Waals surface area contributed by atoms with Crippen molar-refractivity contribution in [2.24, 2.45) is 0 Å². The molecule has 0 saturated heterocycles. The molecule has 90 valence electrons. The Kier molecular flexibility index (Phi) is 3.23. The Balaban J connectivity index is 2.58. The highest BCUT2D eigenvalue weighted by Gasteiger charge is 2.23. The van der Waals surface area contributed by atoms with Crippen LogP contribution >= 0.6 is 27.5 Å². The van der Waals surface area contributed by atoms with Gasteiger partial charge in [-0.1, -0.05) is 32.4 Å². The largest absolute Gasteiger partial charge is 0.196 e. The number of benzene rings is 1. The van der Waals surface area contributed by atoms with E-state index in [0.717, 1.165) is 16.0 Å². The van der Waals surface area contributed by atoms with E-state index in [2.05, 4.69) is 52.2 Å². The van der Waals surface area contributed by atoms with Gasteiger partial charge in [0.05, 0.1) is 5.69 Å². The number of halogens is 2. The van der Waals surface area contributed by atoms with Crippen molar-refractivity contribution in [3.05, 3.63) is 33.5 Å². The van der Waals surface area contributed by atoms with Crippen molar-refractivity contribution < 1.29 is 0 Å². The van der Waals surface area contributed by atoms with E-state index in [1.807, 2.05) is 18.2 Å². The summed E-state index contributed by atoms with van der Waals surface area (Å²) in [6.45, 7) is 6.21. The molecule has 2 rings (SSSR count). The molecule has 4 nitrogen and oxygen atoms in total. The number of hydrogen-bond acceptors (Lipinski definition) is 3. The molecular formula is C11H12BrClN4. The molecule has 6 heteroatoms. The Labute approximate surface area is 113 Å². The monoisotopic (exact) mass is 314 g/mol. The van der Waals surface area contributed by atoms with Gasteiger partial charge in [0.1, 0.15) is 0 Å². The number of rotatable bonds is 1. The standard InChI is InChI=1S/C11H12BrClN4/c1-11(2,3)10-14-15-16-17(10)9-5-4-7(13)6-8(9)12/h4-6H,1-3H3. The zero-order valence-electron chi connectivity index (χ0n) is 9.78. The average molecular weight is 316 g/mol. The summed E-state index contributed by atoms with van der Waals surface area (Å²) >= 11 is 9.39. The summed E-state index contributed by atoms with van der Waals surface area (Å²) in [5, 5.41) is 12.5. The predicted molar refractivity (Wildman–Crippen MR) is 70.6 cm³/mol. The van der Waals surface area contributed by atoms with E-state index in [9.17, 15) is 0 Å². The van der Waals surface area contributed by atoms with E-state index in [4.69, 9.17) is 11.6 Å². The summed E-state index contributed by atoms with van der Waals surface area (Å²) in [6.07, 6.45) is 0. The Bertz CT molecular complexity index is 545. The van der Waals surface area contributed by atoms with Crippen molar-refractivity contribution in [3.63, 3.8) is 0 Å². The molecule has 17 heavy (non-hydrogen) atoms. The van der Waals surface area contributed by atoms with Crippen LogP contribution in [-0.2, 0) is 5.41 Å². The highest BCUT2D eigenvalue weighted by molar-refractivity contribution is 9.10. The van der Waals surface area contributed by atoms with Gasteiger partial charge in [-0.25, -0.2) is 0 Å². The minimum absolute atomic E-state index is 0.122. The van der Waals surface area contributed by atoms with Gasteiger partial charge in [0.15, 0.2) is 5.82 Å². The molecule has 0 amide bonds. The summed E-state index contributed by atoms with van der Waals surface area (Å²) < 4.78 is 2.59. The first-order valence-corrected chi connectivity index (χ1v) is 6.31. The lowest BCUT2D eigenvalue weighted by Crippen LogP contribution is -2.19. The molecule has 0 radical (unpaired) electrons. The van der Waals surface area contributed by atoms with E-state index in [-0.39, 0.29) is 5.41 Å². The van der Waals surface area contributed by atoms with Crippen molar-refractivity contribution in [2.45, 2.75) is 26.2 Å². The predicted octanol–water partition coefficient (Wildman–Crippen LogP) is 3.38. The van der Waals surface area contributed by atoms with Crippen LogP contribution in [0.15, 0.2) is 22.7 Å². The number of nitrogens with zero attached hydrogens (tertiary/aromatic N) is 4. The topological polar surface area (TPSA) is 43.6 Å². The van der Waals surface area contributed by atoms with Crippen LogP contribution in [0.25, 0.3) is 5.69 Å². The molecule has 0 saturated carbocycles. The van der Waals surface area contributed by atoms with Gasteiger partial charge in [0.2, 0.25) is 0 Å². The van der Waals surface area contributed by atoms with Crippen molar-refractivity contribution in [1.29, 1.82) is 0 Å². The van der Waals surface area contributed by atoms with Gasteiger partial charge < -0.3 is 0 Å². The van der Waals surface area contributed by atoms with Crippen LogP contribution in [0.4, 0.5) is 0 Å². The zero-order valence-corrected chi connectivity index (χ0v) is 12.1. The van der Waals surface area contributed by atoms with Crippen LogP contribution in [0.3, 0.4) is 0 Å². The quantitative estimate of drug-likeness (QED) is 0.810. The highest BCUT2D eigenvalue weighted by atomic mass is 79.9. The third kappa shape index (κ3) is 2.50. The van der Waals surface area contributed by atoms with E-state index in [1.54, 1.807) is 4.68 Å². The Morgan fingerprint density at radius 2 is 2.00 bits per heavy atom. The average Bonchev–Trinajstić information content (AvgIpc) is 2.65. The van der Waals surface area contributed by atoms with Crippen molar-refractivity contribution >= 4 is 27.5 Å². The third-order valence-corrected chi connectivity index (χ3v) is 3.15. The highest BCUT2D eigenvalue weighted by Crippen LogP contribution is 2.28. The summed E-state index contributed by atoms with van der Waals surface area (Å²) in [5.41, 5.74) is 0.757. The summed E-state index contributed by atoms with van der Waals surface area (Å²) in [6, 6.07) is 5.53. The van der Waals surface area contributed by atoms with Crippen molar-refractivity contribution in [3.8, 4) is 5.69 Å². The summed E-state index contributed by atoms with van der Waals surface area (Å²) in [5.74, 6) is 0.806. The zero-order chi connectivity index (χ0) is 12.6. The van der Waals surface area contributed by atoms with Gasteiger partial charge in [-0.3, -0.25) is 0 Å². The van der Waals surface area contributed by atoms with Gasteiger partial charge in [-0.15, -0.1) is 5.10 Å². The molecule has 0 spiro atoms. The fourth-order valence-corrected chi connectivity index (χ4v) is 2.32. The molecule has 0 aliphatic heterocycles. The molecule has 0 unspecified atom stereocenters. The third-order valence-electron chi connectivity index (χ3n) is 2.28. The molecule has 0 fully saturated rings. The second-order valence-electron chi connectivity index (χ2n) is 4.76. The Morgan fingerprint density at radius 3 is 2.59 bits per heavy atom. The van der Waals surface area contributed by atoms with Crippen LogP contribution in [-0.4, -0.2) is 20.2 Å². The van der Waals surface area contributed by atoms with Gasteiger partial charge in [0, 0.05) is 14.9 Å². The molecule has 0 atom stereocenters. The maximum atomic E-state index is 5.92. The normalized spacial score (nSPS) is 11.8. The van der Waals surface area contributed by atoms with E-state index in [1.165, 1.54) is 0 Å². The molecule has 0 aliphatic rings. The minimum Gasteiger partial charge on any atom is -0.196 e. The van der Waals surface area contributed by atoms with Gasteiger partial charge >= 0.3 is 0 Å². The van der Waals surface area contributed by atoms with Crippen molar-refractivity contribution in [1.82, 2.24) is 20.2 Å². The number of hydrogen-bond donors (Lipinski definition) is 0. The number of aromatic nitrogens is 4. The van der Waals surface area contributed by atoms with Crippen LogP contribution < -0.4 is 0 Å². The molecule has 1 heterocycles. The van der Waals surface area contributed by atoms with Gasteiger partial charge in [0.25, 0.3) is 0 Å². The minimum atomic E-state index is -0.122. The lowest BCUT2D eigenvalue weighted by molar-refractivity contribution is 0.525. The van der Waals surface area contributed by atoms with Gasteiger partial charge in [-0.05, 0) is 44.6 Å². The first kappa shape index (κ1) is 12.5. The lowest BCUT2D eigenvalue weighted by Gasteiger charge is -2.17. The molecule has 0 aliphatic carbocycles. The molecule has 1 aromatic carbocycles. The smallest absolute Gasteiger partial charge is 0.162 e. The molecular weight excluding hydrogens is 304 g/mol. The molecule has 1 aromatic heterocycles. The fraction of sp³-hybridized carbons (Fsp3) is 0.364. The summed E-state index contributed by atoms with van der Waals surface area (Å²) in [7, 11) is 0. The van der Waals surface area contributed by atoms with Crippen LogP contribution in [0.2, 0.25) is 5.02 Å². The SMILES string of the molecule is CC(C)(C)c1nnnn1-c1ccc(Cl)cc1Br. The maximum Gasteiger partial charge on any atom is 0.162 e. The Morgan fingerprint density at radius 1 is 1.29 bits per heavy atom. The number of tetrazole rings is 1. The van der Waals surface area contributed by atoms with Crippen LogP contribution in [0.5, 0.6) is 0 Å². The Hall–Kier alpha value is -0.940. The van der Waals surface area contributed by atoms with E-state index >= 15 is 0 Å². The second kappa shape index (κ2) is 4.38. The molecule has 2 aromatic rings. The molecule has 0 N–H and O–H groups in total. The maximum absolute atomic E-state index is 5.92. The molecule has 0 bridgehead atoms. The summed E-state index contributed by atoms with van der Waals surface area (Å²) in [4.78, 5) is 0. The van der Waals surface area contributed by atoms with E-state index in [0.29, 0.717) is 5.02 Å². The van der Waals surface area contributed by atoms with Crippen molar-refractivity contribution in [2.75, 3.05) is 0 Å². The van der Waals surface area contributed by atoms with Crippen LogP contribution in [0, 0.1) is 0 Å². The van der Waals surface area contributed by atoms with E-state index < -0.39 is 0 Å². The first-order chi connectivity index (χ1) is 7.89. The fourth-order valence-electron chi connectivity index (χ4n) is 1.47. The van der Waals surface area contributed by atoms with Gasteiger partial charge in [-0.2, -0.15) is 4.68 Å². The lowest BCUT2D eigenvalue weighted by atomic mass is 9.96. The van der Waals surface area contributed by atoms with Crippen LogP contribution in [0.1, 0.15) is 26.6 Å².